The minimum atomic E-state index is 0.749. The molecule has 1 saturated carbocycles. The zero-order valence-electron chi connectivity index (χ0n) is 12.6. The fourth-order valence-electron chi connectivity index (χ4n) is 2.39. The molecule has 2 aromatic rings. The minimum Gasteiger partial charge on any atom is -0.344 e. The highest BCUT2D eigenvalue weighted by molar-refractivity contribution is 9.10. The second-order valence-electron chi connectivity index (χ2n) is 5.84. The molecule has 21 heavy (non-hydrogen) atoms. The van der Waals surface area contributed by atoms with Crippen molar-refractivity contribution in [2.45, 2.75) is 32.4 Å². The number of aryl methyl sites for hydroxylation is 1. The van der Waals surface area contributed by atoms with Crippen molar-refractivity contribution < 1.29 is 0 Å². The van der Waals surface area contributed by atoms with E-state index in [1.807, 2.05) is 0 Å². The molecule has 3 rings (SSSR count). The van der Waals surface area contributed by atoms with Crippen LogP contribution in [0.25, 0.3) is 0 Å². The van der Waals surface area contributed by atoms with Gasteiger partial charge in [0, 0.05) is 29.8 Å². The molecule has 2 nitrogen and oxygen atoms in total. The summed E-state index contributed by atoms with van der Waals surface area (Å²) in [6.07, 6.45) is 2.66. The lowest BCUT2D eigenvalue weighted by Gasteiger charge is -2.21. The quantitative estimate of drug-likeness (QED) is 0.839. The Balaban J connectivity index is 1.75. The molecule has 1 fully saturated rings. The Morgan fingerprint density at radius 1 is 1.14 bits per heavy atom. The van der Waals surface area contributed by atoms with E-state index in [1.54, 1.807) is 0 Å². The highest BCUT2D eigenvalue weighted by atomic mass is 79.9. The van der Waals surface area contributed by atoms with Crippen LogP contribution in [-0.2, 0) is 6.54 Å². The molecule has 110 valence electrons. The number of anilines is 2. The number of nitrogens with zero attached hydrogens (tertiary/aromatic N) is 1. The first kappa shape index (κ1) is 14.6. The summed E-state index contributed by atoms with van der Waals surface area (Å²) in [5.74, 6) is 0. The number of rotatable bonds is 5. The molecule has 1 aliphatic carbocycles. The molecule has 0 atom stereocenters. The lowest BCUT2D eigenvalue weighted by Crippen LogP contribution is -2.15. The van der Waals surface area contributed by atoms with Crippen molar-refractivity contribution >= 4 is 27.3 Å². The van der Waals surface area contributed by atoms with Gasteiger partial charge in [-0.3, -0.25) is 0 Å². The van der Waals surface area contributed by atoms with Gasteiger partial charge in [-0.25, -0.2) is 0 Å². The molecule has 0 saturated heterocycles. The molecular formula is C18H21BrN2. The van der Waals surface area contributed by atoms with Crippen LogP contribution in [0.15, 0.2) is 46.9 Å². The molecular weight excluding hydrogens is 324 g/mol. The van der Waals surface area contributed by atoms with E-state index in [9.17, 15) is 0 Å². The summed E-state index contributed by atoms with van der Waals surface area (Å²) in [6, 6.07) is 16.0. The van der Waals surface area contributed by atoms with Crippen LogP contribution in [0.1, 0.15) is 24.0 Å². The predicted molar refractivity (Wildman–Crippen MR) is 93.2 cm³/mol. The number of hydrogen-bond donors (Lipinski definition) is 1. The molecule has 0 aromatic heterocycles. The molecule has 3 heteroatoms. The van der Waals surface area contributed by atoms with Gasteiger partial charge in [0.1, 0.15) is 0 Å². The zero-order chi connectivity index (χ0) is 14.8. The van der Waals surface area contributed by atoms with E-state index in [0.717, 1.165) is 17.1 Å². The second kappa shape index (κ2) is 6.20. The Kier molecular flexibility index (Phi) is 4.32. The number of halogens is 1. The largest absolute Gasteiger partial charge is 0.344 e. The average Bonchev–Trinajstić information content (AvgIpc) is 3.29. The lowest BCUT2D eigenvalue weighted by molar-refractivity contribution is 0.687. The van der Waals surface area contributed by atoms with Gasteiger partial charge in [-0.05, 0) is 65.5 Å². The van der Waals surface area contributed by atoms with Crippen LogP contribution in [0, 0.1) is 6.92 Å². The summed E-state index contributed by atoms with van der Waals surface area (Å²) >= 11 is 3.71. The lowest BCUT2D eigenvalue weighted by atomic mass is 10.1. The summed E-state index contributed by atoms with van der Waals surface area (Å²) in [7, 11) is 2.10. The van der Waals surface area contributed by atoms with Crippen LogP contribution in [0.5, 0.6) is 0 Å². The molecule has 0 spiro atoms. The topological polar surface area (TPSA) is 15.3 Å². The molecule has 2 aromatic carbocycles. The summed E-state index contributed by atoms with van der Waals surface area (Å²) in [5.41, 5.74) is 5.00. The van der Waals surface area contributed by atoms with Crippen molar-refractivity contribution in [2.75, 3.05) is 11.9 Å². The maximum absolute atomic E-state index is 3.71. The van der Waals surface area contributed by atoms with E-state index in [0.29, 0.717) is 0 Å². The van der Waals surface area contributed by atoms with Crippen LogP contribution in [-0.4, -0.2) is 13.1 Å². The summed E-state index contributed by atoms with van der Waals surface area (Å²) in [5, 5.41) is 3.55. The van der Waals surface area contributed by atoms with Gasteiger partial charge in [0.25, 0.3) is 0 Å². The summed E-state index contributed by atoms with van der Waals surface area (Å²) in [6.45, 7) is 3.07. The standard InChI is InChI=1S/C18H21BrN2/c1-13-3-8-16(9-4-13)21(2)18-10-5-14(11-17(18)19)12-20-15-6-7-15/h3-5,8-11,15,20H,6-7,12H2,1-2H3. The predicted octanol–water partition coefficient (Wildman–Crippen LogP) is 4.78. The molecule has 1 N–H and O–H groups in total. The number of benzene rings is 2. The monoisotopic (exact) mass is 344 g/mol. The van der Waals surface area contributed by atoms with Crippen LogP contribution in [0.3, 0.4) is 0 Å². The van der Waals surface area contributed by atoms with E-state index in [4.69, 9.17) is 0 Å². The van der Waals surface area contributed by atoms with E-state index >= 15 is 0 Å². The molecule has 0 amide bonds. The van der Waals surface area contributed by atoms with Crippen LogP contribution in [0.2, 0.25) is 0 Å². The second-order valence-corrected chi connectivity index (χ2v) is 6.69. The smallest absolute Gasteiger partial charge is 0.0552 e. The Bertz CT molecular complexity index is 618. The van der Waals surface area contributed by atoms with Gasteiger partial charge in [-0.2, -0.15) is 0 Å². The van der Waals surface area contributed by atoms with E-state index in [1.165, 1.54) is 35.3 Å². The Labute approximate surface area is 135 Å². The minimum absolute atomic E-state index is 0.749. The third-order valence-corrected chi connectivity index (χ3v) is 4.60. The molecule has 0 aliphatic heterocycles. The normalized spacial score (nSPS) is 14.2. The van der Waals surface area contributed by atoms with Gasteiger partial charge in [-0.1, -0.05) is 23.8 Å². The average molecular weight is 345 g/mol. The number of hydrogen-bond acceptors (Lipinski definition) is 2. The van der Waals surface area contributed by atoms with Gasteiger partial charge in [0.05, 0.1) is 5.69 Å². The van der Waals surface area contributed by atoms with Crippen molar-refractivity contribution in [3.8, 4) is 0 Å². The molecule has 0 unspecified atom stereocenters. The van der Waals surface area contributed by atoms with Crippen molar-refractivity contribution in [3.05, 3.63) is 58.1 Å². The van der Waals surface area contributed by atoms with Crippen molar-refractivity contribution in [1.29, 1.82) is 0 Å². The van der Waals surface area contributed by atoms with Gasteiger partial charge >= 0.3 is 0 Å². The molecule has 0 heterocycles. The highest BCUT2D eigenvalue weighted by Gasteiger charge is 2.20. The highest BCUT2D eigenvalue weighted by Crippen LogP contribution is 2.32. The van der Waals surface area contributed by atoms with E-state index in [-0.39, 0.29) is 0 Å². The Morgan fingerprint density at radius 2 is 1.86 bits per heavy atom. The van der Waals surface area contributed by atoms with Gasteiger partial charge in [0.15, 0.2) is 0 Å². The molecule has 1 aliphatic rings. The summed E-state index contributed by atoms with van der Waals surface area (Å²) in [4.78, 5) is 2.21. The maximum atomic E-state index is 3.71. The maximum Gasteiger partial charge on any atom is 0.0552 e. The van der Waals surface area contributed by atoms with Crippen LogP contribution in [0.4, 0.5) is 11.4 Å². The van der Waals surface area contributed by atoms with Crippen molar-refractivity contribution in [2.24, 2.45) is 0 Å². The Hall–Kier alpha value is -1.32. The first-order valence-electron chi connectivity index (χ1n) is 7.46. The number of nitrogens with one attached hydrogen (secondary N) is 1. The van der Waals surface area contributed by atoms with Gasteiger partial charge < -0.3 is 10.2 Å². The molecule has 0 radical (unpaired) electrons. The molecule has 0 bridgehead atoms. The SMILES string of the molecule is Cc1ccc(N(C)c2ccc(CNC3CC3)cc2Br)cc1. The first-order chi connectivity index (χ1) is 10.1. The zero-order valence-corrected chi connectivity index (χ0v) is 14.2. The van der Waals surface area contributed by atoms with Crippen molar-refractivity contribution in [3.63, 3.8) is 0 Å². The van der Waals surface area contributed by atoms with Gasteiger partial charge in [0.2, 0.25) is 0 Å². The third kappa shape index (κ3) is 3.66. The van der Waals surface area contributed by atoms with Crippen LogP contribution < -0.4 is 10.2 Å². The van der Waals surface area contributed by atoms with E-state index < -0.39 is 0 Å². The summed E-state index contributed by atoms with van der Waals surface area (Å²) < 4.78 is 1.14. The van der Waals surface area contributed by atoms with Crippen LogP contribution >= 0.6 is 15.9 Å². The van der Waals surface area contributed by atoms with Gasteiger partial charge in [-0.15, -0.1) is 0 Å². The fourth-order valence-corrected chi connectivity index (χ4v) is 3.08. The Morgan fingerprint density at radius 3 is 2.48 bits per heavy atom. The first-order valence-corrected chi connectivity index (χ1v) is 8.25. The third-order valence-electron chi connectivity index (χ3n) is 3.97. The van der Waals surface area contributed by atoms with E-state index in [2.05, 4.69) is 82.6 Å². The van der Waals surface area contributed by atoms with Crippen molar-refractivity contribution in [1.82, 2.24) is 5.32 Å². The fraction of sp³-hybridized carbons (Fsp3) is 0.333.